The molecule has 0 N–H and O–H groups in total. The minimum Gasteiger partial charge on any atom is -0.381 e. The molecule has 0 unspecified atom stereocenters. The molecule has 0 atom stereocenters. The van der Waals surface area contributed by atoms with Crippen molar-refractivity contribution in [1.82, 2.24) is 9.78 Å². The Morgan fingerprint density at radius 2 is 2.29 bits per heavy atom. The summed E-state index contributed by atoms with van der Waals surface area (Å²) in [7, 11) is 0. The number of hydrogen-bond acceptors (Lipinski definition) is 2. The number of aryl methyl sites for hydroxylation is 1. The van der Waals surface area contributed by atoms with Crippen LogP contribution >= 0.6 is 27.5 Å². The molecule has 90 valence electrons. The van der Waals surface area contributed by atoms with E-state index in [0.29, 0.717) is 5.92 Å². The van der Waals surface area contributed by atoms with Gasteiger partial charge in [-0.3, -0.25) is 4.68 Å². The van der Waals surface area contributed by atoms with Crippen molar-refractivity contribution < 1.29 is 4.74 Å². The van der Waals surface area contributed by atoms with Crippen LogP contribution in [0, 0.1) is 12.8 Å². The van der Waals surface area contributed by atoms with E-state index < -0.39 is 0 Å². The summed E-state index contributed by atoms with van der Waals surface area (Å²) in [6, 6.07) is 3.98. The molecule has 1 aliphatic heterocycles. The minimum absolute atomic E-state index is 0.579. The highest BCUT2D eigenvalue weighted by Gasteiger charge is 2.21. The first kappa shape index (κ1) is 11.5. The van der Waals surface area contributed by atoms with Crippen LogP contribution in [0.1, 0.15) is 5.69 Å². The summed E-state index contributed by atoms with van der Waals surface area (Å²) in [5.41, 5.74) is 2.08. The number of nitrogens with zero attached hydrogens (tertiary/aromatic N) is 2. The van der Waals surface area contributed by atoms with Gasteiger partial charge in [0.05, 0.1) is 29.4 Å². The number of hydrogen-bond donors (Lipinski definition) is 0. The van der Waals surface area contributed by atoms with Gasteiger partial charge in [0.2, 0.25) is 0 Å². The topological polar surface area (TPSA) is 27.1 Å². The summed E-state index contributed by atoms with van der Waals surface area (Å²) in [5, 5.41) is 6.37. The average Bonchev–Trinajstić information content (AvgIpc) is 2.49. The number of ether oxygens (including phenoxy) is 1. The molecule has 1 aromatic carbocycles. The number of fused-ring (bicyclic) bond motifs is 1. The summed E-state index contributed by atoms with van der Waals surface area (Å²) in [6.07, 6.45) is 0. The minimum atomic E-state index is 0.579. The first-order chi connectivity index (χ1) is 8.15. The zero-order valence-electron chi connectivity index (χ0n) is 9.41. The highest BCUT2D eigenvalue weighted by molar-refractivity contribution is 9.10. The van der Waals surface area contributed by atoms with Gasteiger partial charge in [-0.1, -0.05) is 27.5 Å². The third-order valence-corrected chi connectivity index (χ3v) is 3.84. The molecule has 0 radical (unpaired) electrons. The van der Waals surface area contributed by atoms with E-state index >= 15 is 0 Å². The quantitative estimate of drug-likeness (QED) is 0.849. The summed E-state index contributed by atoms with van der Waals surface area (Å²) >= 11 is 9.73. The molecular formula is C12H12BrClN2O. The highest BCUT2D eigenvalue weighted by atomic mass is 79.9. The molecular weight excluding hydrogens is 304 g/mol. The monoisotopic (exact) mass is 314 g/mol. The molecule has 0 amide bonds. The van der Waals surface area contributed by atoms with E-state index in [-0.39, 0.29) is 0 Å². The normalized spacial score (nSPS) is 16.4. The second kappa shape index (κ2) is 4.26. The molecule has 0 bridgehead atoms. The Bertz CT molecular complexity index is 577. The van der Waals surface area contributed by atoms with Gasteiger partial charge in [0.1, 0.15) is 0 Å². The van der Waals surface area contributed by atoms with Crippen molar-refractivity contribution in [2.75, 3.05) is 13.2 Å². The van der Waals surface area contributed by atoms with Crippen LogP contribution in [0.4, 0.5) is 0 Å². The van der Waals surface area contributed by atoms with Crippen molar-refractivity contribution in [3.8, 4) is 0 Å². The second-order valence-corrected chi connectivity index (χ2v) is 5.78. The molecule has 1 fully saturated rings. The molecule has 1 aromatic heterocycles. The Hall–Kier alpha value is -0.580. The van der Waals surface area contributed by atoms with E-state index in [4.69, 9.17) is 16.3 Å². The van der Waals surface area contributed by atoms with Crippen LogP contribution < -0.4 is 0 Å². The van der Waals surface area contributed by atoms with Gasteiger partial charge in [0.25, 0.3) is 0 Å². The average molecular weight is 316 g/mol. The molecule has 2 heterocycles. The van der Waals surface area contributed by atoms with Crippen LogP contribution in [0.3, 0.4) is 0 Å². The van der Waals surface area contributed by atoms with Crippen molar-refractivity contribution in [2.45, 2.75) is 13.5 Å². The predicted molar refractivity (Wildman–Crippen MR) is 71.5 cm³/mol. The first-order valence-electron chi connectivity index (χ1n) is 5.55. The van der Waals surface area contributed by atoms with Crippen molar-refractivity contribution >= 4 is 38.4 Å². The van der Waals surface area contributed by atoms with Crippen molar-refractivity contribution in [1.29, 1.82) is 0 Å². The van der Waals surface area contributed by atoms with Gasteiger partial charge in [0.15, 0.2) is 0 Å². The van der Waals surface area contributed by atoms with E-state index in [9.17, 15) is 0 Å². The molecule has 0 aliphatic carbocycles. The Balaban J connectivity index is 2.11. The molecule has 3 nitrogen and oxygen atoms in total. The van der Waals surface area contributed by atoms with Gasteiger partial charge >= 0.3 is 0 Å². The lowest BCUT2D eigenvalue weighted by Crippen LogP contribution is -2.31. The van der Waals surface area contributed by atoms with E-state index in [2.05, 4.69) is 27.1 Å². The van der Waals surface area contributed by atoms with E-state index in [1.54, 1.807) is 0 Å². The smallest absolute Gasteiger partial charge is 0.0711 e. The lowest BCUT2D eigenvalue weighted by molar-refractivity contribution is -0.0403. The maximum atomic E-state index is 6.26. The number of rotatable bonds is 2. The number of aromatic nitrogens is 2. The van der Waals surface area contributed by atoms with E-state index in [0.717, 1.165) is 45.9 Å². The van der Waals surface area contributed by atoms with Gasteiger partial charge < -0.3 is 4.74 Å². The van der Waals surface area contributed by atoms with Crippen LogP contribution in [0.2, 0.25) is 5.02 Å². The third-order valence-electron chi connectivity index (χ3n) is 3.08. The Kier molecular flexibility index (Phi) is 2.89. The summed E-state index contributed by atoms with van der Waals surface area (Å²) < 4.78 is 8.22. The Morgan fingerprint density at radius 1 is 1.53 bits per heavy atom. The molecule has 1 aliphatic rings. The molecule has 1 saturated heterocycles. The fourth-order valence-electron chi connectivity index (χ4n) is 2.18. The van der Waals surface area contributed by atoms with Gasteiger partial charge in [0, 0.05) is 22.3 Å². The van der Waals surface area contributed by atoms with Crippen LogP contribution in [-0.2, 0) is 11.3 Å². The molecule has 0 spiro atoms. The Labute approximate surface area is 113 Å². The second-order valence-electron chi connectivity index (χ2n) is 4.45. The van der Waals surface area contributed by atoms with Crippen molar-refractivity contribution in [3.63, 3.8) is 0 Å². The van der Waals surface area contributed by atoms with E-state index in [1.807, 2.05) is 17.7 Å². The van der Waals surface area contributed by atoms with Gasteiger partial charge in [-0.25, -0.2) is 0 Å². The fourth-order valence-corrected chi connectivity index (χ4v) is 3.11. The zero-order chi connectivity index (χ0) is 12.0. The SMILES string of the molecule is Cc1nn(CC2COC2)c2cc(Br)cc(Cl)c12. The lowest BCUT2D eigenvalue weighted by Gasteiger charge is -2.25. The molecule has 0 saturated carbocycles. The largest absolute Gasteiger partial charge is 0.381 e. The maximum absolute atomic E-state index is 6.26. The fraction of sp³-hybridized carbons (Fsp3) is 0.417. The molecule has 2 aromatic rings. The molecule has 3 rings (SSSR count). The Morgan fingerprint density at radius 3 is 2.94 bits per heavy atom. The lowest BCUT2D eigenvalue weighted by atomic mass is 10.1. The third kappa shape index (κ3) is 1.98. The molecule has 17 heavy (non-hydrogen) atoms. The van der Waals surface area contributed by atoms with Crippen LogP contribution in [0.15, 0.2) is 16.6 Å². The standard InChI is InChI=1S/C12H12BrClN2O/c1-7-12-10(14)2-9(13)3-11(12)16(15-7)4-8-5-17-6-8/h2-3,8H,4-6H2,1H3. The molecule has 5 heteroatoms. The van der Waals surface area contributed by atoms with Crippen LogP contribution in [-0.4, -0.2) is 23.0 Å². The first-order valence-corrected chi connectivity index (χ1v) is 6.72. The highest BCUT2D eigenvalue weighted by Crippen LogP contribution is 2.31. The van der Waals surface area contributed by atoms with Gasteiger partial charge in [-0.15, -0.1) is 0 Å². The number of halogens is 2. The van der Waals surface area contributed by atoms with Crippen LogP contribution in [0.5, 0.6) is 0 Å². The van der Waals surface area contributed by atoms with Gasteiger partial charge in [-0.05, 0) is 19.1 Å². The van der Waals surface area contributed by atoms with Crippen molar-refractivity contribution in [2.24, 2.45) is 5.92 Å². The van der Waals surface area contributed by atoms with Crippen LogP contribution in [0.25, 0.3) is 10.9 Å². The predicted octanol–water partition coefficient (Wildman–Crippen LogP) is 3.41. The summed E-state index contributed by atoms with van der Waals surface area (Å²) in [6.45, 7) is 4.57. The summed E-state index contributed by atoms with van der Waals surface area (Å²) in [4.78, 5) is 0. The summed E-state index contributed by atoms with van der Waals surface area (Å²) in [5.74, 6) is 0.579. The van der Waals surface area contributed by atoms with E-state index in [1.165, 1.54) is 0 Å². The number of benzene rings is 1. The zero-order valence-corrected chi connectivity index (χ0v) is 11.8. The van der Waals surface area contributed by atoms with Gasteiger partial charge in [-0.2, -0.15) is 5.10 Å². The maximum Gasteiger partial charge on any atom is 0.0711 e. The van der Waals surface area contributed by atoms with Crippen molar-refractivity contribution in [3.05, 3.63) is 27.3 Å².